The predicted octanol–water partition coefficient (Wildman–Crippen LogP) is 2.53. The molecule has 1 aromatic carbocycles. The van der Waals surface area contributed by atoms with Crippen LogP contribution in [0.15, 0.2) is 35.7 Å². The summed E-state index contributed by atoms with van der Waals surface area (Å²) in [5, 5.41) is 0.132. The van der Waals surface area contributed by atoms with Crippen LogP contribution >= 0.6 is 22.3 Å². The average Bonchev–Trinajstić information content (AvgIpc) is 2.26. The first-order valence-corrected chi connectivity index (χ1v) is 7.56. The highest BCUT2D eigenvalue weighted by Gasteiger charge is 2.17. The van der Waals surface area contributed by atoms with Crippen LogP contribution in [0.4, 0.5) is 0 Å². The van der Waals surface area contributed by atoms with E-state index in [2.05, 4.69) is 6.58 Å². The summed E-state index contributed by atoms with van der Waals surface area (Å²) in [5.41, 5.74) is 0.158. The van der Waals surface area contributed by atoms with Gasteiger partial charge in [-0.05, 0) is 18.2 Å². The second kappa shape index (κ2) is 5.73. The van der Waals surface area contributed by atoms with E-state index in [1.54, 1.807) is 13.1 Å². The van der Waals surface area contributed by atoms with Crippen molar-refractivity contribution in [3.8, 4) is 0 Å². The molecule has 0 saturated carbocycles. The summed E-state index contributed by atoms with van der Waals surface area (Å²) in [4.78, 5) is 13.1. The van der Waals surface area contributed by atoms with Crippen LogP contribution in [0.5, 0.6) is 0 Å². The second-order valence-corrected chi connectivity index (χ2v) is 6.59. The van der Waals surface area contributed by atoms with Crippen molar-refractivity contribution in [1.82, 2.24) is 4.90 Å². The minimum atomic E-state index is -3.92. The van der Waals surface area contributed by atoms with Crippen molar-refractivity contribution in [2.24, 2.45) is 0 Å². The molecule has 98 valence electrons. The van der Waals surface area contributed by atoms with Gasteiger partial charge in [0.15, 0.2) is 0 Å². The number of halogens is 2. The van der Waals surface area contributed by atoms with Crippen LogP contribution in [0, 0.1) is 0 Å². The lowest BCUT2D eigenvalue weighted by atomic mass is 10.2. The first-order valence-electron chi connectivity index (χ1n) is 4.87. The fourth-order valence-corrected chi connectivity index (χ4v) is 2.43. The van der Waals surface area contributed by atoms with Crippen molar-refractivity contribution >= 4 is 37.2 Å². The Morgan fingerprint density at radius 3 is 2.56 bits per heavy atom. The number of nitrogens with zero attached hydrogens (tertiary/aromatic N) is 1. The van der Waals surface area contributed by atoms with Crippen molar-refractivity contribution < 1.29 is 13.2 Å². The maximum Gasteiger partial charge on any atom is 0.261 e. The molecule has 1 aromatic rings. The van der Waals surface area contributed by atoms with Crippen molar-refractivity contribution in [2.75, 3.05) is 13.6 Å². The molecule has 0 aliphatic carbocycles. The van der Waals surface area contributed by atoms with Crippen LogP contribution in [0.1, 0.15) is 10.4 Å². The van der Waals surface area contributed by atoms with E-state index in [-0.39, 0.29) is 21.4 Å². The first kappa shape index (κ1) is 15.0. The third kappa shape index (κ3) is 3.73. The zero-order valence-corrected chi connectivity index (χ0v) is 11.9. The number of amides is 1. The van der Waals surface area contributed by atoms with Gasteiger partial charge >= 0.3 is 0 Å². The summed E-state index contributed by atoms with van der Waals surface area (Å²) in [7, 11) is 2.87. The van der Waals surface area contributed by atoms with E-state index in [0.29, 0.717) is 6.54 Å². The molecule has 1 rings (SSSR count). The minimum absolute atomic E-state index is 0.132. The van der Waals surface area contributed by atoms with Gasteiger partial charge in [-0.2, -0.15) is 0 Å². The van der Waals surface area contributed by atoms with Crippen LogP contribution in [0.2, 0.25) is 5.02 Å². The Hall–Kier alpha value is -1.04. The molecule has 0 spiro atoms. The Labute approximate surface area is 115 Å². The number of rotatable bonds is 4. The topological polar surface area (TPSA) is 54.5 Å². The summed E-state index contributed by atoms with van der Waals surface area (Å²) in [6.45, 7) is 3.86. The quantitative estimate of drug-likeness (QED) is 0.634. The standard InChI is InChI=1S/C11H11Cl2NO3S/c1-3-4-14(2)11(15)8-5-9(12)7-10(6-8)18(13,16)17/h3,5-7H,1,4H2,2H3. The van der Waals surface area contributed by atoms with E-state index in [1.165, 1.54) is 23.1 Å². The number of likely N-dealkylation sites (N-methyl/N-ethyl adjacent to an activating group) is 1. The van der Waals surface area contributed by atoms with Crippen molar-refractivity contribution in [2.45, 2.75) is 4.90 Å². The van der Waals surface area contributed by atoms with Crippen LogP contribution < -0.4 is 0 Å². The van der Waals surface area contributed by atoms with Crippen LogP contribution in [-0.4, -0.2) is 32.8 Å². The monoisotopic (exact) mass is 307 g/mol. The molecule has 0 aliphatic heterocycles. The Kier molecular flexibility index (Phi) is 4.78. The smallest absolute Gasteiger partial charge is 0.261 e. The maximum atomic E-state index is 11.9. The molecule has 0 fully saturated rings. The number of carbonyl (C=O) groups excluding carboxylic acids is 1. The van der Waals surface area contributed by atoms with Gasteiger partial charge in [-0.15, -0.1) is 6.58 Å². The molecule has 18 heavy (non-hydrogen) atoms. The molecule has 0 heterocycles. The van der Waals surface area contributed by atoms with E-state index < -0.39 is 9.05 Å². The number of carbonyl (C=O) groups is 1. The van der Waals surface area contributed by atoms with E-state index >= 15 is 0 Å². The lowest BCUT2D eigenvalue weighted by Gasteiger charge is -2.15. The molecule has 0 aromatic heterocycles. The van der Waals surface area contributed by atoms with Crippen LogP contribution in [-0.2, 0) is 9.05 Å². The molecular formula is C11H11Cl2NO3S. The Morgan fingerprint density at radius 2 is 2.06 bits per heavy atom. The molecule has 0 aliphatic rings. The summed E-state index contributed by atoms with van der Waals surface area (Å²) in [6.07, 6.45) is 1.56. The van der Waals surface area contributed by atoms with Gasteiger partial charge < -0.3 is 4.90 Å². The maximum absolute atomic E-state index is 11.9. The van der Waals surface area contributed by atoms with Crippen molar-refractivity contribution in [1.29, 1.82) is 0 Å². The van der Waals surface area contributed by atoms with Gasteiger partial charge in [-0.3, -0.25) is 4.79 Å². The largest absolute Gasteiger partial charge is 0.338 e. The van der Waals surface area contributed by atoms with Gasteiger partial charge in [0.1, 0.15) is 0 Å². The normalized spacial score (nSPS) is 11.1. The van der Waals surface area contributed by atoms with Gasteiger partial charge in [0.25, 0.3) is 15.0 Å². The van der Waals surface area contributed by atoms with Crippen LogP contribution in [0.25, 0.3) is 0 Å². The highest BCUT2D eigenvalue weighted by molar-refractivity contribution is 8.13. The summed E-state index contributed by atoms with van der Waals surface area (Å²) >= 11 is 5.77. The Balaban J connectivity index is 3.22. The third-order valence-electron chi connectivity index (χ3n) is 2.15. The molecule has 0 unspecified atom stereocenters. The highest BCUT2D eigenvalue weighted by atomic mass is 35.7. The summed E-state index contributed by atoms with van der Waals surface area (Å²) < 4.78 is 22.4. The summed E-state index contributed by atoms with van der Waals surface area (Å²) in [6, 6.07) is 3.76. The SMILES string of the molecule is C=CCN(C)C(=O)c1cc(Cl)cc(S(=O)(=O)Cl)c1. The zero-order valence-electron chi connectivity index (χ0n) is 9.56. The second-order valence-electron chi connectivity index (χ2n) is 3.59. The predicted molar refractivity (Wildman–Crippen MR) is 71.6 cm³/mol. The molecular weight excluding hydrogens is 297 g/mol. The van der Waals surface area contributed by atoms with Gasteiger partial charge in [-0.25, -0.2) is 8.42 Å². The molecule has 7 heteroatoms. The third-order valence-corrected chi connectivity index (χ3v) is 3.70. The number of hydrogen-bond donors (Lipinski definition) is 0. The molecule has 0 atom stereocenters. The lowest BCUT2D eigenvalue weighted by molar-refractivity contribution is 0.0810. The van der Waals surface area contributed by atoms with Gasteiger partial charge in [-0.1, -0.05) is 17.7 Å². The average molecular weight is 308 g/mol. The van der Waals surface area contributed by atoms with Crippen molar-refractivity contribution in [3.63, 3.8) is 0 Å². The molecule has 0 saturated heterocycles. The molecule has 0 bridgehead atoms. The highest BCUT2D eigenvalue weighted by Crippen LogP contribution is 2.22. The summed E-state index contributed by atoms with van der Waals surface area (Å²) in [5.74, 6) is -0.362. The fourth-order valence-electron chi connectivity index (χ4n) is 1.32. The number of hydrogen-bond acceptors (Lipinski definition) is 3. The van der Waals surface area contributed by atoms with E-state index in [4.69, 9.17) is 22.3 Å². The van der Waals surface area contributed by atoms with E-state index in [1.807, 2.05) is 0 Å². The van der Waals surface area contributed by atoms with Gasteiger partial charge in [0.2, 0.25) is 0 Å². The van der Waals surface area contributed by atoms with Crippen molar-refractivity contribution in [3.05, 3.63) is 41.4 Å². The van der Waals surface area contributed by atoms with E-state index in [9.17, 15) is 13.2 Å². The number of benzene rings is 1. The minimum Gasteiger partial charge on any atom is -0.338 e. The lowest BCUT2D eigenvalue weighted by Crippen LogP contribution is -2.26. The first-order chi connectivity index (χ1) is 8.25. The van der Waals surface area contributed by atoms with Gasteiger partial charge in [0.05, 0.1) is 4.90 Å². The van der Waals surface area contributed by atoms with Gasteiger partial charge in [0, 0.05) is 34.9 Å². The molecule has 1 amide bonds. The fraction of sp³-hybridized carbons (Fsp3) is 0.182. The molecule has 0 radical (unpaired) electrons. The zero-order chi connectivity index (χ0) is 13.9. The molecule has 0 N–H and O–H groups in total. The molecule has 4 nitrogen and oxygen atoms in total. The Morgan fingerprint density at radius 1 is 1.44 bits per heavy atom. The van der Waals surface area contributed by atoms with Crippen LogP contribution in [0.3, 0.4) is 0 Å². The van der Waals surface area contributed by atoms with E-state index in [0.717, 1.165) is 0 Å². The Bertz CT molecular complexity index is 584.